The van der Waals surface area contributed by atoms with E-state index in [0.29, 0.717) is 31.0 Å². The van der Waals surface area contributed by atoms with E-state index in [1.807, 2.05) is 4.68 Å². The molecule has 1 N–H and O–H groups in total. The number of likely N-dealkylation sites (tertiary alicyclic amines) is 1. The summed E-state index contributed by atoms with van der Waals surface area (Å²) in [5, 5.41) is 18.0. The van der Waals surface area contributed by atoms with Gasteiger partial charge in [0.2, 0.25) is 0 Å². The minimum atomic E-state index is -0.126. The van der Waals surface area contributed by atoms with E-state index in [1.54, 1.807) is 23.2 Å². The van der Waals surface area contributed by atoms with E-state index in [0.717, 1.165) is 12.1 Å². The second kappa shape index (κ2) is 5.79. The highest BCUT2D eigenvalue weighted by molar-refractivity contribution is 5.95. The van der Waals surface area contributed by atoms with E-state index in [-0.39, 0.29) is 23.8 Å². The Morgan fingerprint density at radius 2 is 2.33 bits per heavy atom. The average Bonchev–Trinajstić information content (AvgIpc) is 3.09. The zero-order valence-corrected chi connectivity index (χ0v) is 13.3. The number of piperidine rings is 1. The molecule has 4 rings (SSSR count). The molecule has 1 aromatic carbocycles. The van der Waals surface area contributed by atoms with Crippen LogP contribution < -0.4 is 4.74 Å². The van der Waals surface area contributed by atoms with E-state index >= 15 is 0 Å². The molecule has 1 fully saturated rings. The molecule has 2 aliphatic rings. The van der Waals surface area contributed by atoms with Crippen LogP contribution in [0.4, 0.5) is 0 Å². The van der Waals surface area contributed by atoms with Gasteiger partial charge in [0.25, 0.3) is 5.91 Å². The Labute approximate surface area is 138 Å². The number of hydrogen-bond acceptors (Lipinski definition) is 6. The van der Waals surface area contributed by atoms with Crippen LogP contribution in [0, 0.1) is 0 Å². The van der Waals surface area contributed by atoms with Crippen molar-refractivity contribution in [3.63, 3.8) is 0 Å². The third-order valence-electron chi connectivity index (χ3n) is 4.64. The minimum absolute atomic E-state index is 0.0270. The van der Waals surface area contributed by atoms with Crippen LogP contribution in [0.25, 0.3) is 0 Å². The number of benzene rings is 1. The SMILES string of the molecule is COc1ccc(C(=O)N2CC[C@H]3OCc4cnnn4[C@H]3C2)cc1O. The van der Waals surface area contributed by atoms with Gasteiger partial charge >= 0.3 is 0 Å². The van der Waals surface area contributed by atoms with Crippen molar-refractivity contribution in [2.45, 2.75) is 25.2 Å². The molecule has 8 heteroatoms. The topological polar surface area (TPSA) is 89.7 Å². The molecular formula is C16H18N4O4. The van der Waals surface area contributed by atoms with Gasteiger partial charge in [-0.25, -0.2) is 4.68 Å². The summed E-state index contributed by atoms with van der Waals surface area (Å²) in [6.45, 7) is 1.62. The van der Waals surface area contributed by atoms with Crippen molar-refractivity contribution in [2.24, 2.45) is 0 Å². The molecular weight excluding hydrogens is 312 g/mol. The van der Waals surface area contributed by atoms with Crippen molar-refractivity contribution in [1.29, 1.82) is 0 Å². The summed E-state index contributed by atoms with van der Waals surface area (Å²) >= 11 is 0. The monoisotopic (exact) mass is 330 g/mol. The lowest BCUT2D eigenvalue weighted by Crippen LogP contribution is -2.49. The van der Waals surface area contributed by atoms with Gasteiger partial charge in [0.1, 0.15) is 0 Å². The van der Waals surface area contributed by atoms with E-state index in [4.69, 9.17) is 9.47 Å². The zero-order chi connectivity index (χ0) is 16.7. The second-order valence-electron chi connectivity index (χ2n) is 6.01. The summed E-state index contributed by atoms with van der Waals surface area (Å²) < 4.78 is 12.7. The number of fused-ring (bicyclic) bond motifs is 3. The lowest BCUT2D eigenvalue weighted by Gasteiger charge is -2.41. The Morgan fingerprint density at radius 1 is 1.46 bits per heavy atom. The summed E-state index contributed by atoms with van der Waals surface area (Å²) in [5.41, 5.74) is 1.36. The van der Waals surface area contributed by atoms with Crippen molar-refractivity contribution in [1.82, 2.24) is 19.9 Å². The smallest absolute Gasteiger partial charge is 0.254 e. The second-order valence-corrected chi connectivity index (χ2v) is 6.01. The maximum absolute atomic E-state index is 12.8. The lowest BCUT2D eigenvalue weighted by atomic mass is 9.99. The van der Waals surface area contributed by atoms with Crippen molar-refractivity contribution in [2.75, 3.05) is 20.2 Å². The fourth-order valence-electron chi connectivity index (χ4n) is 3.37. The van der Waals surface area contributed by atoms with Crippen LogP contribution in [0.15, 0.2) is 24.4 Å². The summed E-state index contributed by atoms with van der Waals surface area (Å²) in [5.74, 6) is 0.176. The van der Waals surface area contributed by atoms with Gasteiger partial charge < -0.3 is 19.5 Å². The average molecular weight is 330 g/mol. The van der Waals surface area contributed by atoms with Gasteiger partial charge in [0, 0.05) is 18.7 Å². The molecule has 1 amide bonds. The van der Waals surface area contributed by atoms with Gasteiger partial charge in [-0.3, -0.25) is 4.79 Å². The van der Waals surface area contributed by atoms with E-state index in [2.05, 4.69) is 10.3 Å². The number of rotatable bonds is 2. The van der Waals surface area contributed by atoms with Crippen molar-refractivity contribution in [3.8, 4) is 11.5 Å². The van der Waals surface area contributed by atoms with E-state index < -0.39 is 0 Å². The van der Waals surface area contributed by atoms with Crippen molar-refractivity contribution < 1.29 is 19.4 Å². The van der Waals surface area contributed by atoms with Gasteiger partial charge in [-0.2, -0.15) is 0 Å². The predicted molar refractivity (Wildman–Crippen MR) is 82.8 cm³/mol. The Bertz CT molecular complexity index is 775. The first kappa shape index (κ1) is 14.9. The highest BCUT2D eigenvalue weighted by Gasteiger charge is 2.38. The molecule has 1 aromatic heterocycles. The normalized spacial score (nSPS) is 22.6. The zero-order valence-electron chi connectivity index (χ0n) is 13.3. The predicted octanol–water partition coefficient (Wildman–Crippen LogP) is 0.978. The Kier molecular flexibility index (Phi) is 3.61. The molecule has 3 heterocycles. The van der Waals surface area contributed by atoms with E-state index in [1.165, 1.54) is 13.2 Å². The number of amides is 1. The molecule has 0 aliphatic carbocycles. The van der Waals surface area contributed by atoms with Crippen LogP contribution in [-0.4, -0.2) is 57.2 Å². The molecule has 2 atom stereocenters. The number of methoxy groups -OCH3 is 1. The summed E-state index contributed by atoms with van der Waals surface area (Å²) in [6.07, 6.45) is 2.49. The summed E-state index contributed by atoms with van der Waals surface area (Å²) in [7, 11) is 1.47. The first-order valence-corrected chi connectivity index (χ1v) is 7.84. The maximum Gasteiger partial charge on any atom is 0.254 e. The van der Waals surface area contributed by atoms with Crippen LogP contribution in [0.1, 0.15) is 28.5 Å². The first-order valence-electron chi connectivity index (χ1n) is 7.84. The van der Waals surface area contributed by atoms with Crippen LogP contribution in [0.2, 0.25) is 0 Å². The molecule has 1 saturated heterocycles. The molecule has 8 nitrogen and oxygen atoms in total. The number of ether oxygens (including phenoxy) is 2. The Hall–Kier alpha value is -2.61. The third-order valence-corrected chi connectivity index (χ3v) is 4.64. The van der Waals surface area contributed by atoms with Gasteiger partial charge in [0.05, 0.1) is 37.8 Å². The molecule has 0 spiro atoms. The van der Waals surface area contributed by atoms with E-state index in [9.17, 15) is 9.90 Å². The van der Waals surface area contributed by atoms with Gasteiger partial charge in [-0.1, -0.05) is 5.21 Å². The number of carbonyl (C=O) groups excluding carboxylic acids is 1. The van der Waals surface area contributed by atoms with Gasteiger partial charge in [-0.15, -0.1) is 5.10 Å². The van der Waals surface area contributed by atoms with Gasteiger partial charge in [0.15, 0.2) is 11.5 Å². The summed E-state index contributed by atoms with van der Waals surface area (Å²) in [4.78, 5) is 14.5. The highest BCUT2D eigenvalue weighted by Crippen LogP contribution is 2.32. The number of phenolic OH excluding ortho intramolecular Hbond substituents is 1. The molecule has 126 valence electrons. The molecule has 0 bridgehead atoms. The van der Waals surface area contributed by atoms with Crippen LogP contribution in [0.3, 0.4) is 0 Å². The number of phenols is 1. The van der Waals surface area contributed by atoms with Crippen LogP contribution in [0.5, 0.6) is 11.5 Å². The first-order chi connectivity index (χ1) is 11.7. The lowest BCUT2D eigenvalue weighted by molar-refractivity contribution is -0.0605. The summed E-state index contributed by atoms with van der Waals surface area (Å²) in [6, 6.07) is 4.66. The van der Waals surface area contributed by atoms with Crippen LogP contribution >= 0.6 is 0 Å². The molecule has 0 radical (unpaired) electrons. The third kappa shape index (κ3) is 2.39. The molecule has 2 aromatic rings. The number of carbonyl (C=O) groups is 1. The quantitative estimate of drug-likeness (QED) is 0.883. The fraction of sp³-hybridized carbons (Fsp3) is 0.438. The Morgan fingerprint density at radius 3 is 3.12 bits per heavy atom. The molecule has 2 aliphatic heterocycles. The molecule has 0 saturated carbocycles. The number of aromatic nitrogens is 3. The molecule has 24 heavy (non-hydrogen) atoms. The van der Waals surface area contributed by atoms with Crippen molar-refractivity contribution >= 4 is 5.91 Å². The maximum atomic E-state index is 12.8. The highest BCUT2D eigenvalue weighted by atomic mass is 16.5. The minimum Gasteiger partial charge on any atom is -0.504 e. The standard InChI is InChI=1S/C16H18N4O4/c1-23-15-3-2-10(6-13(15)21)16(22)19-5-4-14-12(8-19)20-11(9-24-14)7-17-18-20/h2-3,6-7,12,14,21H,4-5,8-9H2,1H3/t12-,14+/m0/s1. The largest absolute Gasteiger partial charge is 0.504 e. The van der Waals surface area contributed by atoms with Gasteiger partial charge in [-0.05, 0) is 24.6 Å². The Balaban J connectivity index is 1.56. The fourth-order valence-corrected chi connectivity index (χ4v) is 3.37. The number of nitrogens with zero attached hydrogens (tertiary/aromatic N) is 4. The molecule has 0 unspecified atom stereocenters. The number of hydrogen-bond donors (Lipinski definition) is 1. The van der Waals surface area contributed by atoms with Crippen molar-refractivity contribution in [3.05, 3.63) is 35.7 Å². The van der Waals surface area contributed by atoms with Crippen LogP contribution in [-0.2, 0) is 11.3 Å². The number of aromatic hydroxyl groups is 1.